The predicted molar refractivity (Wildman–Crippen MR) is 81.2 cm³/mol. The number of nitrogens with one attached hydrogen (secondary N) is 2. The lowest BCUT2D eigenvalue weighted by Crippen LogP contribution is -2.14. The van der Waals surface area contributed by atoms with E-state index >= 15 is 0 Å². The van der Waals surface area contributed by atoms with Crippen LogP contribution in [0.5, 0.6) is 0 Å². The lowest BCUT2D eigenvalue weighted by atomic mass is 10.2. The standard InChI is InChI=1S/C14H16N4O2S/c1-10-14(11(2)17-16-10)18-21(19,20)13-7-3-5-12(9-13)6-4-8-15/h3,5,7,9,18H,8,15H2,1-2H3,(H,16,17). The van der Waals surface area contributed by atoms with Gasteiger partial charge in [0.2, 0.25) is 0 Å². The molecule has 1 aromatic heterocycles. The van der Waals surface area contributed by atoms with E-state index in [0.717, 1.165) is 0 Å². The molecule has 0 aliphatic heterocycles. The molecule has 0 unspecified atom stereocenters. The van der Waals surface area contributed by atoms with Crippen molar-refractivity contribution in [3.05, 3.63) is 41.2 Å². The van der Waals surface area contributed by atoms with Crippen LogP contribution in [0.4, 0.5) is 5.69 Å². The van der Waals surface area contributed by atoms with Crippen molar-refractivity contribution >= 4 is 15.7 Å². The number of aromatic amines is 1. The van der Waals surface area contributed by atoms with E-state index in [0.29, 0.717) is 22.6 Å². The van der Waals surface area contributed by atoms with Crippen LogP contribution in [0.2, 0.25) is 0 Å². The van der Waals surface area contributed by atoms with Gasteiger partial charge in [-0.15, -0.1) is 0 Å². The van der Waals surface area contributed by atoms with Crippen LogP contribution in [-0.4, -0.2) is 25.2 Å². The Labute approximate surface area is 123 Å². The van der Waals surface area contributed by atoms with Crippen molar-refractivity contribution in [2.45, 2.75) is 18.7 Å². The Balaban J connectivity index is 2.36. The minimum atomic E-state index is -3.68. The Morgan fingerprint density at radius 3 is 2.76 bits per heavy atom. The number of aromatic nitrogens is 2. The average Bonchev–Trinajstić information content (AvgIpc) is 2.77. The van der Waals surface area contributed by atoms with Gasteiger partial charge in [-0.1, -0.05) is 17.9 Å². The lowest BCUT2D eigenvalue weighted by molar-refractivity contribution is 0.601. The first-order valence-corrected chi connectivity index (χ1v) is 7.76. The number of H-pyrrole nitrogens is 1. The third-order valence-corrected chi connectivity index (χ3v) is 4.19. The molecule has 0 amide bonds. The molecule has 0 saturated carbocycles. The Kier molecular flexibility index (Phi) is 4.31. The molecule has 6 nitrogen and oxygen atoms in total. The van der Waals surface area contributed by atoms with Gasteiger partial charge in [-0.2, -0.15) is 5.10 Å². The van der Waals surface area contributed by atoms with Crippen molar-refractivity contribution in [3.8, 4) is 11.8 Å². The van der Waals surface area contributed by atoms with E-state index in [-0.39, 0.29) is 11.4 Å². The summed E-state index contributed by atoms with van der Waals surface area (Å²) in [7, 11) is -3.68. The first-order valence-electron chi connectivity index (χ1n) is 6.27. The third-order valence-electron chi connectivity index (χ3n) is 2.84. The molecule has 2 aromatic rings. The molecule has 1 aromatic carbocycles. The molecule has 0 fully saturated rings. The number of benzene rings is 1. The number of aryl methyl sites for hydroxylation is 2. The normalized spacial score (nSPS) is 10.8. The molecule has 2 rings (SSSR count). The van der Waals surface area contributed by atoms with Crippen LogP contribution in [0.1, 0.15) is 17.0 Å². The van der Waals surface area contributed by atoms with E-state index in [4.69, 9.17) is 5.73 Å². The smallest absolute Gasteiger partial charge is 0.262 e. The van der Waals surface area contributed by atoms with Crippen molar-refractivity contribution in [1.82, 2.24) is 10.2 Å². The zero-order valence-electron chi connectivity index (χ0n) is 11.8. The van der Waals surface area contributed by atoms with Crippen LogP contribution < -0.4 is 10.5 Å². The summed E-state index contributed by atoms with van der Waals surface area (Å²) in [5, 5.41) is 6.70. The number of nitrogens with two attached hydrogens (primary N) is 1. The number of anilines is 1. The highest BCUT2D eigenvalue weighted by Crippen LogP contribution is 2.21. The molecule has 1 heterocycles. The van der Waals surface area contributed by atoms with Crippen LogP contribution >= 0.6 is 0 Å². The maximum Gasteiger partial charge on any atom is 0.262 e. The zero-order valence-corrected chi connectivity index (χ0v) is 12.6. The van der Waals surface area contributed by atoms with Gasteiger partial charge < -0.3 is 5.73 Å². The molecule has 4 N–H and O–H groups in total. The van der Waals surface area contributed by atoms with E-state index in [1.165, 1.54) is 12.1 Å². The first kappa shape index (κ1) is 15.1. The van der Waals surface area contributed by atoms with Crippen LogP contribution in [-0.2, 0) is 10.0 Å². The third kappa shape index (κ3) is 3.42. The quantitative estimate of drug-likeness (QED) is 0.740. The van der Waals surface area contributed by atoms with Gasteiger partial charge in [0.15, 0.2) is 0 Å². The van der Waals surface area contributed by atoms with Crippen LogP contribution in [0.3, 0.4) is 0 Å². The van der Waals surface area contributed by atoms with Crippen LogP contribution in [0, 0.1) is 25.7 Å². The van der Waals surface area contributed by atoms with Gasteiger partial charge in [0.05, 0.1) is 28.5 Å². The average molecular weight is 304 g/mol. The van der Waals surface area contributed by atoms with E-state index in [1.807, 2.05) is 0 Å². The summed E-state index contributed by atoms with van der Waals surface area (Å²) in [5.41, 5.74) is 7.63. The molecule has 0 aliphatic rings. The number of rotatable bonds is 3. The lowest BCUT2D eigenvalue weighted by Gasteiger charge is -2.08. The van der Waals surface area contributed by atoms with Gasteiger partial charge in [0.25, 0.3) is 10.0 Å². The van der Waals surface area contributed by atoms with Crippen molar-refractivity contribution in [3.63, 3.8) is 0 Å². The number of sulfonamides is 1. The molecule has 0 spiro atoms. The van der Waals surface area contributed by atoms with Gasteiger partial charge in [-0.05, 0) is 32.0 Å². The van der Waals surface area contributed by atoms with Gasteiger partial charge in [-0.25, -0.2) is 8.42 Å². The Morgan fingerprint density at radius 1 is 1.38 bits per heavy atom. The summed E-state index contributed by atoms with van der Waals surface area (Å²) < 4.78 is 27.3. The number of nitrogens with zero attached hydrogens (tertiary/aromatic N) is 1. The predicted octanol–water partition coefficient (Wildman–Crippen LogP) is 1.14. The fourth-order valence-electron chi connectivity index (χ4n) is 1.79. The molecule has 7 heteroatoms. The molecule has 0 saturated heterocycles. The van der Waals surface area contributed by atoms with E-state index in [2.05, 4.69) is 26.8 Å². The Morgan fingerprint density at radius 2 is 2.14 bits per heavy atom. The van der Waals surface area contributed by atoms with Gasteiger partial charge in [-0.3, -0.25) is 9.82 Å². The summed E-state index contributed by atoms with van der Waals surface area (Å²) in [6.07, 6.45) is 0. The molecule has 0 radical (unpaired) electrons. The van der Waals surface area contributed by atoms with Crippen LogP contribution in [0.25, 0.3) is 0 Å². The molecule has 0 bridgehead atoms. The van der Waals surface area contributed by atoms with E-state index in [9.17, 15) is 8.42 Å². The van der Waals surface area contributed by atoms with Gasteiger partial charge in [0, 0.05) is 5.56 Å². The van der Waals surface area contributed by atoms with Crippen molar-refractivity contribution < 1.29 is 8.42 Å². The van der Waals surface area contributed by atoms with Crippen molar-refractivity contribution in [2.24, 2.45) is 5.73 Å². The summed E-state index contributed by atoms with van der Waals surface area (Å²) in [5.74, 6) is 5.51. The van der Waals surface area contributed by atoms with Gasteiger partial charge >= 0.3 is 0 Å². The topological polar surface area (TPSA) is 101 Å². The largest absolute Gasteiger partial charge is 0.320 e. The monoisotopic (exact) mass is 304 g/mol. The molecule has 110 valence electrons. The second-order valence-electron chi connectivity index (χ2n) is 4.45. The molecule has 21 heavy (non-hydrogen) atoms. The first-order chi connectivity index (χ1) is 9.94. The van der Waals surface area contributed by atoms with Crippen molar-refractivity contribution in [2.75, 3.05) is 11.3 Å². The highest BCUT2D eigenvalue weighted by molar-refractivity contribution is 7.92. The van der Waals surface area contributed by atoms with Crippen molar-refractivity contribution in [1.29, 1.82) is 0 Å². The van der Waals surface area contributed by atoms with Gasteiger partial charge in [0.1, 0.15) is 0 Å². The number of hydrogen-bond donors (Lipinski definition) is 3. The second kappa shape index (κ2) is 5.99. The summed E-state index contributed by atoms with van der Waals surface area (Å²) in [6, 6.07) is 6.40. The highest BCUT2D eigenvalue weighted by Gasteiger charge is 2.18. The molecule has 0 atom stereocenters. The van der Waals surface area contributed by atoms with Crippen LogP contribution in [0.15, 0.2) is 29.2 Å². The summed E-state index contributed by atoms with van der Waals surface area (Å²) in [4.78, 5) is 0.145. The minimum absolute atomic E-state index is 0.145. The minimum Gasteiger partial charge on any atom is -0.320 e. The molecular formula is C14H16N4O2S. The van der Waals surface area contributed by atoms with E-state index in [1.54, 1.807) is 26.0 Å². The molecular weight excluding hydrogens is 288 g/mol. The maximum atomic E-state index is 12.4. The Hall–Kier alpha value is -2.30. The fraction of sp³-hybridized carbons (Fsp3) is 0.214. The summed E-state index contributed by atoms with van der Waals surface area (Å²) in [6.45, 7) is 3.70. The second-order valence-corrected chi connectivity index (χ2v) is 6.13. The highest BCUT2D eigenvalue weighted by atomic mass is 32.2. The Bertz CT molecular complexity index is 793. The zero-order chi connectivity index (χ0) is 15.5. The SMILES string of the molecule is Cc1n[nH]c(C)c1NS(=O)(=O)c1cccc(C#CCN)c1. The number of hydrogen-bond acceptors (Lipinski definition) is 4. The maximum absolute atomic E-state index is 12.4. The van der Waals surface area contributed by atoms with E-state index < -0.39 is 10.0 Å². The fourth-order valence-corrected chi connectivity index (χ4v) is 3.02. The summed E-state index contributed by atoms with van der Waals surface area (Å²) >= 11 is 0. The molecule has 0 aliphatic carbocycles.